The lowest BCUT2D eigenvalue weighted by Crippen LogP contribution is -2.28. The molecule has 0 saturated carbocycles. The average molecular weight is 266 g/mol. The van der Waals surface area contributed by atoms with Gasteiger partial charge in [0.25, 0.3) is 5.56 Å². The lowest BCUT2D eigenvalue weighted by Gasteiger charge is -2.08. The van der Waals surface area contributed by atoms with Gasteiger partial charge in [-0.2, -0.15) is 5.10 Å². The molecule has 18 heavy (non-hydrogen) atoms. The average Bonchev–Trinajstić information content (AvgIpc) is 2.91. The first-order valence-electron chi connectivity index (χ1n) is 5.51. The molecule has 0 fully saturated rings. The molecule has 2 heterocycles. The van der Waals surface area contributed by atoms with Crippen molar-refractivity contribution in [2.24, 2.45) is 0 Å². The fourth-order valence-electron chi connectivity index (χ4n) is 1.58. The predicted octanol–water partition coefficient (Wildman–Crippen LogP) is 1.11. The summed E-state index contributed by atoms with van der Waals surface area (Å²) < 4.78 is 6.28. The highest BCUT2D eigenvalue weighted by Gasteiger charge is 2.09. The Kier molecular flexibility index (Phi) is 4.24. The van der Waals surface area contributed by atoms with Crippen LogP contribution >= 0.6 is 11.3 Å². The van der Waals surface area contributed by atoms with E-state index in [4.69, 9.17) is 4.74 Å². The number of rotatable bonds is 5. The number of methoxy groups -OCH3 is 1. The first-order valence-corrected chi connectivity index (χ1v) is 6.39. The maximum atomic E-state index is 11.9. The molecule has 0 radical (unpaired) electrons. The van der Waals surface area contributed by atoms with Crippen molar-refractivity contribution in [2.45, 2.75) is 13.2 Å². The number of aliphatic hydroxyl groups excluding tert-OH is 1. The summed E-state index contributed by atoms with van der Waals surface area (Å²) in [6, 6.07) is 5.49. The molecule has 0 unspecified atom stereocenters. The molecule has 0 spiro atoms. The summed E-state index contributed by atoms with van der Waals surface area (Å²) in [6.45, 7) is 0.500. The normalized spacial score (nSPS) is 10.8. The van der Waals surface area contributed by atoms with Crippen molar-refractivity contribution < 1.29 is 9.84 Å². The van der Waals surface area contributed by atoms with Crippen LogP contribution in [0.15, 0.2) is 28.4 Å². The molecule has 0 bridgehead atoms. The van der Waals surface area contributed by atoms with Gasteiger partial charge < -0.3 is 9.84 Å². The Bertz CT molecular complexity index is 563. The molecule has 0 aromatic carbocycles. The minimum absolute atomic E-state index is 0.269. The molecule has 2 aromatic heterocycles. The third kappa shape index (κ3) is 2.66. The number of hydrogen-bond donors (Lipinski definition) is 1. The predicted molar refractivity (Wildman–Crippen MR) is 69.6 cm³/mol. The Morgan fingerprint density at radius 3 is 3.00 bits per heavy atom. The van der Waals surface area contributed by atoms with Gasteiger partial charge in [-0.05, 0) is 17.5 Å². The number of aromatic nitrogens is 2. The van der Waals surface area contributed by atoms with Crippen LogP contribution in [0.3, 0.4) is 0 Å². The van der Waals surface area contributed by atoms with Crippen molar-refractivity contribution in [1.29, 1.82) is 0 Å². The largest absolute Gasteiger partial charge is 0.391 e. The van der Waals surface area contributed by atoms with Gasteiger partial charge in [-0.15, -0.1) is 11.3 Å². The van der Waals surface area contributed by atoms with Gasteiger partial charge in [0, 0.05) is 12.7 Å². The second-order valence-electron chi connectivity index (χ2n) is 3.71. The maximum Gasteiger partial charge on any atom is 0.272 e. The van der Waals surface area contributed by atoms with Crippen LogP contribution in [0.4, 0.5) is 0 Å². The number of nitrogens with zero attached hydrogens (tertiary/aromatic N) is 2. The number of thiophene rings is 1. The lowest BCUT2D eigenvalue weighted by atomic mass is 10.2. The van der Waals surface area contributed by atoms with Gasteiger partial charge in [-0.1, -0.05) is 6.07 Å². The second-order valence-corrected chi connectivity index (χ2v) is 4.66. The van der Waals surface area contributed by atoms with Crippen LogP contribution in [0.25, 0.3) is 10.6 Å². The van der Waals surface area contributed by atoms with Crippen LogP contribution in [0.2, 0.25) is 0 Å². The first kappa shape index (κ1) is 12.9. The van der Waals surface area contributed by atoms with E-state index in [1.807, 2.05) is 17.5 Å². The van der Waals surface area contributed by atoms with Crippen LogP contribution in [-0.2, 0) is 17.9 Å². The third-order valence-corrected chi connectivity index (χ3v) is 3.39. The zero-order valence-corrected chi connectivity index (χ0v) is 10.8. The molecule has 0 aliphatic heterocycles. The quantitative estimate of drug-likeness (QED) is 0.880. The highest BCUT2D eigenvalue weighted by Crippen LogP contribution is 2.22. The van der Waals surface area contributed by atoms with Crippen LogP contribution in [0.5, 0.6) is 0 Å². The van der Waals surface area contributed by atoms with E-state index < -0.39 is 0 Å². The molecule has 0 amide bonds. The fraction of sp³-hybridized carbons (Fsp3) is 0.333. The number of ether oxygens (including phenoxy) is 1. The molecule has 6 heteroatoms. The molecule has 0 saturated heterocycles. The van der Waals surface area contributed by atoms with Crippen molar-refractivity contribution in [3.05, 3.63) is 39.5 Å². The van der Waals surface area contributed by atoms with Crippen molar-refractivity contribution in [3.8, 4) is 10.6 Å². The lowest BCUT2D eigenvalue weighted by molar-refractivity contribution is 0.181. The molecular formula is C12H14N2O3S. The summed E-state index contributed by atoms with van der Waals surface area (Å²) in [7, 11) is 1.57. The summed E-state index contributed by atoms with van der Waals surface area (Å²) in [4.78, 5) is 12.9. The van der Waals surface area contributed by atoms with Gasteiger partial charge in [0.15, 0.2) is 0 Å². The summed E-state index contributed by atoms with van der Waals surface area (Å²) >= 11 is 1.54. The Morgan fingerprint density at radius 1 is 1.56 bits per heavy atom. The second kappa shape index (κ2) is 5.90. The highest BCUT2D eigenvalue weighted by molar-refractivity contribution is 7.13. The van der Waals surface area contributed by atoms with E-state index in [-0.39, 0.29) is 12.2 Å². The van der Waals surface area contributed by atoms with E-state index in [1.165, 1.54) is 4.68 Å². The Hall–Kier alpha value is -1.50. The molecular weight excluding hydrogens is 252 g/mol. The van der Waals surface area contributed by atoms with Crippen molar-refractivity contribution in [3.63, 3.8) is 0 Å². The van der Waals surface area contributed by atoms with Gasteiger partial charge >= 0.3 is 0 Å². The molecule has 0 atom stereocenters. The maximum absolute atomic E-state index is 11.9. The van der Waals surface area contributed by atoms with Crippen molar-refractivity contribution >= 4 is 11.3 Å². The molecule has 1 N–H and O–H groups in total. The zero-order valence-electron chi connectivity index (χ0n) is 10.00. The van der Waals surface area contributed by atoms with E-state index in [9.17, 15) is 9.90 Å². The summed E-state index contributed by atoms with van der Waals surface area (Å²) in [5, 5.41) is 15.5. The topological polar surface area (TPSA) is 64.3 Å². The summed E-state index contributed by atoms with van der Waals surface area (Å²) in [6.07, 6.45) is 0. The Morgan fingerprint density at radius 2 is 2.39 bits per heavy atom. The number of hydrogen-bond acceptors (Lipinski definition) is 5. The van der Waals surface area contributed by atoms with E-state index in [1.54, 1.807) is 24.5 Å². The highest BCUT2D eigenvalue weighted by atomic mass is 32.1. The van der Waals surface area contributed by atoms with E-state index in [2.05, 4.69) is 5.10 Å². The smallest absolute Gasteiger partial charge is 0.272 e. The summed E-state index contributed by atoms with van der Waals surface area (Å²) in [5.74, 6) is 0. The molecule has 5 nitrogen and oxygen atoms in total. The monoisotopic (exact) mass is 266 g/mol. The van der Waals surface area contributed by atoms with Gasteiger partial charge in [0.2, 0.25) is 0 Å². The first-order chi connectivity index (χ1) is 8.76. The molecule has 2 rings (SSSR count). The standard InChI is InChI=1S/C12H14N2O3S/c1-17-5-4-14-12(16)9(8-15)7-10(13-14)11-3-2-6-18-11/h2-3,6-7,15H,4-5,8H2,1H3. The molecule has 0 aliphatic rings. The SMILES string of the molecule is COCCn1nc(-c2cccs2)cc(CO)c1=O. The molecule has 2 aromatic rings. The van der Waals surface area contributed by atoms with E-state index in [0.29, 0.717) is 24.4 Å². The molecule has 96 valence electrons. The molecule has 0 aliphatic carbocycles. The third-order valence-electron chi connectivity index (χ3n) is 2.50. The Balaban J connectivity index is 2.46. The van der Waals surface area contributed by atoms with E-state index >= 15 is 0 Å². The Labute approximate surface area is 108 Å². The van der Waals surface area contributed by atoms with Gasteiger partial charge in [-0.3, -0.25) is 4.79 Å². The zero-order chi connectivity index (χ0) is 13.0. The van der Waals surface area contributed by atoms with Crippen LogP contribution in [-0.4, -0.2) is 28.6 Å². The summed E-state index contributed by atoms with van der Waals surface area (Å²) in [5.41, 5.74) is 0.782. The fourth-order valence-corrected chi connectivity index (χ4v) is 2.27. The van der Waals surface area contributed by atoms with Crippen LogP contribution in [0, 0.1) is 0 Å². The number of aliphatic hydroxyl groups is 1. The van der Waals surface area contributed by atoms with Crippen LogP contribution in [0.1, 0.15) is 5.56 Å². The van der Waals surface area contributed by atoms with Gasteiger partial charge in [-0.25, -0.2) is 4.68 Å². The minimum Gasteiger partial charge on any atom is -0.391 e. The van der Waals surface area contributed by atoms with Crippen molar-refractivity contribution in [1.82, 2.24) is 9.78 Å². The van der Waals surface area contributed by atoms with Gasteiger partial charge in [0.05, 0.1) is 24.6 Å². The minimum atomic E-state index is -0.285. The van der Waals surface area contributed by atoms with Crippen LogP contribution < -0.4 is 5.56 Å². The van der Waals surface area contributed by atoms with Gasteiger partial charge in [0.1, 0.15) is 5.69 Å². The van der Waals surface area contributed by atoms with Crippen molar-refractivity contribution in [2.75, 3.05) is 13.7 Å². The van der Waals surface area contributed by atoms with E-state index in [0.717, 1.165) is 4.88 Å².